The number of furan rings is 1. The topological polar surface area (TPSA) is 71.5 Å². The number of carbonyl (C=O) groups excluding carboxylic acids is 1. The molecule has 204 valence electrons. The van der Waals surface area contributed by atoms with Gasteiger partial charge < -0.3 is 14.4 Å². The van der Waals surface area contributed by atoms with Crippen molar-refractivity contribution in [2.24, 2.45) is 0 Å². The minimum absolute atomic E-state index is 0.156. The highest BCUT2D eigenvalue weighted by Gasteiger charge is 2.39. The highest BCUT2D eigenvalue weighted by molar-refractivity contribution is 6.33. The van der Waals surface area contributed by atoms with Gasteiger partial charge in [-0.2, -0.15) is 0 Å². The van der Waals surface area contributed by atoms with E-state index in [0.29, 0.717) is 59.7 Å². The normalized spacial score (nSPS) is 15.1. The number of aliphatic hydroxyl groups is 1. The molecule has 5 aromatic rings. The molecule has 0 unspecified atom stereocenters. The molecule has 0 atom stereocenters. The van der Waals surface area contributed by atoms with Gasteiger partial charge >= 0.3 is 0 Å². The van der Waals surface area contributed by atoms with Crippen LogP contribution in [0.25, 0.3) is 28.0 Å². The number of hydrogen-bond acceptors (Lipinski definition) is 4. The van der Waals surface area contributed by atoms with E-state index >= 15 is 0 Å². The first kappa shape index (κ1) is 26.6. The molecule has 1 saturated heterocycles. The maximum atomic E-state index is 14.0. The number of hydrogen-bond donors (Lipinski definition) is 1. The maximum Gasteiger partial charge on any atom is 0.274 e. The van der Waals surface area contributed by atoms with Crippen LogP contribution in [0.4, 0.5) is 0 Å². The number of likely N-dealkylation sites (tertiary alicyclic amines) is 1. The Bertz CT molecular complexity index is 1650. The van der Waals surface area contributed by atoms with Gasteiger partial charge in [0.15, 0.2) is 5.69 Å². The van der Waals surface area contributed by atoms with Crippen LogP contribution in [0.5, 0.6) is 0 Å². The minimum atomic E-state index is -1.13. The molecule has 1 N–H and O–H groups in total. The van der Waals surface area contributed by atoms with Crippen molar-refractivity contribution in [2.45, 2.75) is 38.2 Å². The predicted octanol–water partition coefficient (Wildman–Crippen LogP) is 7.67. The molecule has 3 aromatic carbocycles. The van der Waals surface area contributed by atoms with Crippen LogP contribution in [0.3, 0.4) is 0 Å². The first-order valence-electron chi connectivity index (χ1n) is 13.5. The summed E-state index contributed by atoms with van der Waals surface area (Å²) >= 11 is 12.8. The lowest BCUT2D eigenvalue weighted by atomic mass is 9.88. The highest BCUT2D eigenvalue weighted by atomic mass is 35.5. The summed E-state index contributed by atoms with van der Waals surface area (Å²) in [4.78, 5) is 20.8. The minimum Gasteiger partial charge on any atom is -0.458 e. The first-order valence-corrected chi connectivity index (χ1v) is 14.3. The molecule has 1 fully saturated rings. The standard InChI is InChI=1S/C32H29Cl2N3O3/c1-2-7-26-29(35-30(24-9-4-5-10-25(24)34)37(26)23-14-12-22(33)13-15-23)31(38)36-18-16-32(39,17-19-36)28-20-21-8-3-6-11-27(21)40-28/h3-6,8-15,20,39H,2,7,16-19H2,1H3. The zero-order valence-electron chi connectivity index (χ0n) is 22.1. The number of nitrogens with zero attached hydrogens (tertiary/aromatic N) is 3. The molecule has 1 amide bonds. The van der Waals surface area contributed by atoms with Gasteiger partial charge in [-0.05, 0) is 55.0 Å². The third-order valence-corrected chi connectivity index (χ3v) is 8.21. The Hall–Kier alpha value is -3.58. The third kappa shape index (κ3) is 4.81. The number of halogens is 2. The summed E-state index contributed by atoms with van der Waals surface area (Å²) in [5.74, 6) is 0.993. The van der Waals surface area contributed by atoms with Crippen molar-refractivity contribution in [3.8, 4) is 17.1 Å². The second kappa shape index (κ2) is 10.8. The van der Waals surface area contributed by atoms with Crippen LogP contribution in [0, 0.1) is 0 Å². The second-order valence-electron chi connectivity index (χ2n) is 10.2. The summed E-state index contributed by atoms with van der Waals surface area (Å²) < 4.78 is 8.00. The van der Waals surface area contributed by atoms with Gasteiger partial charge in [-0.15, -0.1) is 0 Å². The average molecular weight is 575 g/mol. The van der Waals surface area contributed by atoms with Crippen LogP contribution in [0.15, 0.2) is 83.3 Å². The van der Waals surface area contributed by atoms with Crippen LogP contribution in [0.1, 0.15) is 48.1 Å². The van der Waals surface area contributed by atoms with Crippen molar-refractivity contribution in [3.05, 3.63) is 106 Å². The number of aromatic nitrogens is 2. The van der Waals surface area contributed by atoms with E-state index < -0.39 is 5.60 Å². The Morgan fingerprint density at radius 3 is 2.40 bits per heavy atom. The SMILES string of the molecule is CCCc1c(C(=O)N2CCC(O)(c3cc4ccccc4o3)CC2)nc(-c2ccccc2Cl)n1-c1ccc(Cl)cc1. The van der Waals surface area contributed by atoms with Gasteiger partial charge in [-0.25, -0.2) is 4.98 Å². The number of carbonyl (C=O) groups is 1. The summed E-state index contributed by atoms with van der Waals surface area (Å²) in [6.45, 7) is 2.84. The van der Waals surface area contributed by atoms with Crippen molar-refractivity contribution >= 4 is 40.1 Å². The van der Waals surface area contributed by atoms with Crippen LogP contribution >= 0.6 is 23.2 Å². The molecule has 0 saturated carbocycles. The Morgan fingerprint density at radius 1 is 1.00 bits per heavy atom. The van der Waals surface area contributed by atoms with Crippen molar-refractivity contribution < 1.29 is 14.3 Å². The summed E-state index contributed by atoms with van der Waals surface area (Å²) in [6.07, 6.45) is 2.22. The van der Waals surface area contributed by atoms with Crippen LogP contribution in [-0.4, -0.2) is 38.6 Å². The van der Waals surface area contributed by atoms with Gasteiger partial charge in [0, 0.05) is 47.6 Å². The zero-order valence-corrected chi connectivity index (χ0v) is 23.6. The smallest absolute Gasteiger partial charge is 0.274 e. The molecular formula is C32H29Cl2N3O3. The molecule has 8 heteroatoms. The molecule has 0 bridgehead atoms. The van der Waals surface area contributed by atoms with E-state index in [2.05, 4.69) is 6.92 Å². The van der Waals surface area contributed by atoms with E-state index in [0.717, 1.165) is 34.3 Å². The average Bonchev–Trinajstić information content (AvgIpc) is 3.57. The molecule has 2 aromatic heterocycles. The molecule has 3 heterocycles. The lowest BCUT2D eigenvalue weighted by molar-refractivity contribution is -0.0359. The van der Waals surface area contributed by atoms with Gasteiger partial charge in [0.2, 0.25) is 0 Å². The quantitative estimate of drug-likeness (QED) is 0.226. The number of imidazole rings is 1. The largest absolute Gasteiger partial charge is 0.458 e. The summed E-state index contributed by atoms with van der Waals surface area (Å²) in [5.41, 5.74) is 2.44. The van der Waals surface area contributed by atoms with E-state index in [4.69, 9.17) is 32.6 Å². The van der Waals surface area contributed by atoms with Crippen molar-refractivity contribution in [1.82, 2.24) is 14.5 Å². The number of piperidine rings is 1. The second-order valence-corrected chi connectivity index (χ2v) is 11.1. The van der Waals surface area contributed by atoms with Crippen LogP contribution < -0.4 is 0 Å². The van der Waals surface area contributed by atoms with Gasteiger partial charge in [0.25, 0.3) is 5.91 Å². The van der Waals surface area contributed by atoms with E-state index in [1.54, 1.807) is 4.90 Å². The number of benzene rings is 3. The van der Waals surface area contributed by atoms with Crippen molar-refractivity contribution in [2.75, 3.05) is 13.1 Å². The Labute approximate surface area is 242 Å². The van der Waals surface area contributed by atoms with E-state index in [-0.39, 0.29) is 5.91 Å². The summed E-state index contributed by atoms with van der Waals surface area (Å²) in [6, 6.07) is 24.6. The molecule has 6 rings (SSSR count). The van der Waals surface area contributed by atoms with E-state index in [1.807, 2.05) is 83.4 Å². The Balaban J connectivity index is 1.36. The number of rotatable bonds is 6. The summed E-state index contributed by atoms with van der Waals surface area (Å²) in [5, 5.41) is 13.6. The molecule has 6 nitrogen and oxygen atoms in total. The van der Waals surface area contributed by atoms with Crippen molar-refractivity contribution in [3.63, 3.8) is 0 Å². The molecule has 1 aliphatic heterocycles. The highest BCUT2D eigenvalue weighted by Crippen LogP contribution is 2.38. The monoisotopic (exact) mass is 573 g/mol. The fourth-order valence-electron chi connectivity index (χ4n) is 5.47. The summed E-state index contributed by atoms with van der Waals surface area (Å²) in [7, 11) is 0. The van der Waals surface area contributed by atoms with Crippen molar-refractivity contribution in [1.29, 1.82) is 0 Å². The Morgan fingerprint density at radius 2 is 1.70 bits per heavy atom. The first-order chi connectivity index (χ1) is 19.4. The lowest BCUT2D eigenvalue weighted by Crippen LogP contribution is -2.45. The van der Waals surface area contributed by atoms with Gasteiger partial charge in [-0.3, -0.25) is 9.36 Å². The molecule has 0 aliphatic carbocycles. The van der Waals surface area contributed by atoms with Gasteiger partial charge in [0.1, 0.15) is 22.8 Å². The van der Waals surface area contributed by atoms with Gasteiger partial charge in [0.05, 0.1) is 10.7 Å². The number of amides is 1. The fraction of sp³-hybridized carbons (Fsp3) is 0.250. The van der Waals surface area contributed by atoms with E-state index in [9.17, 15) is 9.90 Å². The van der Waals surface area contributed by atoms with Crippen LogP contribution in [0.2, 0.25) is 10.0 Å². The number of para-hydroxylation sites is 1. The molecule has 1 aliphatic rings. The zero-order chi connectivity index (χ0) is 27.9. The van der Waals surface area contributed by atoms with Gasteiger partial charge in [-0.1, -0.05) is 66.9 Å². The Kier molecular flexibility index (Phi) is 7.17. The molecule has 0 radical (unpaired) electrons. The molecule has 40 heavy (non-hydrogen) atoms. The maximum absolute atomic E-state index is 14.0. The molecule has 0 spiro atoms. The van der Waals surface area contributed by atoms with Crippen LogP contribution in [-0.2, 0) is 12.0 Å². The predicted molar refractivity (Wildman–Crippen MR) is 158 cm³/mol. The number of fused-ring (bicyclic) bond motifs is 1. The lowest BCUT2D eigenvalue weighted by Gasteiger charge is -2.36. The third-order valence-electron chi connectivity index (χ3n) is 7.62. The fourth-order valence-corrected chi connectivity index (χ4v) is 5.82. The van der Waals surface area contributed by atoms with E-state index in [1.165, 1.54) is 0 Å². The molecular weight excluding hydrogens is 545 g/mol.